The lowest BCUT2D eigenvalue weighted by Crippen LogP contribution is -2.07. The lowest BCUT2D eigenvalue weighted by molar-refractivity contribution is -0.0636. The van der Waals surface area contributed by atoms with E-state index in [1.807, 2.05) is 0 Å². The molecule has 0 heterocycles. The summed E-state index contributed by atoms with van der Waals surface area (Å²) >= 11 is 0. The van der Waals surface area contributed by atoms with E-state index in [1.165, 1.54) is 36.4 Å². The minimum absolute atomic E-state index is 0.100. The van der Waals surface area contributed by atoms with Crippen LogP contribution in [-0.4, -0.2) is 40.9 Å². The lowest BCUT2D eigenvalue weighted by atomic mass is 10.1. The summed E-state index contributed by atoms with van der Waals surface area (Å²) in [6.45, 7) is 0. The van der Waals surface area contributed by atoms with Gasteiger partial charge in [0, 0.05) is 22.3 Å². The summed E-state index contributed by atoms with van der Waals surface area (Å²) in [6, 6.07) is 7.46. The average Bonchev–Trinajstić information content (AvgIpc) is 2.54. The summed E-state index contributed by atoms with van der Waals surface area (Å²) < 4.78 is 5.46. The second-order valence-electron chi connectivity index (χ2n) is 5.18. The van der Waals surface area contributed by atoms with Gasteiger partial charge in [-0.15, -0.1) is 0 Å². The topological polar surface area (TPSA) is 171 Å². The molecular weight excluding hydrogens is 336 g/mol. The molecular formula is C16H18O9. The van der Waals surface area contributed by atoms with Crippen molar-refractivity contribution in [1.82, 2.24) is 0 Å². The normalized spacial score (nSPS) is 11.8. The van der Waals surface area contributed by atoms with Gasteiger partial charge in [-0.25, -0.2) is 0 Å². The zero-order valence-corrected chi connectivity index (χ0v) is 12.8. The standard InChI is InChI=1S/C16H18O9/c17-13(18)9-3-1-7(5-11(9)15(21)22)25-8-2-4-10(14(19)20)12(6-8)16(23)24/h1-6,13-24H. The average molecular weight is 354 g/mol. The number of aliphatic hydroxyl groups excluding tert-OH is 4. The molecule has 2 aromatic carbocycles. The molecule has 0 aliphatic heterocycles. The Morgan fingerprint density at radius 1 is 0.480 bits per heavy atom. The zero-order valence-electron chi connectivity index (χ0n) is 12.8. The molecule has 8 N–H and O–H groups in total. The molecule has 0 spiro atoms. The monoisotopic (exact) mass is 354 g/mol. The zero-order chi connectivity index (χ0) is 18.7. The summed E-state index contributed by atoms with van der Waals surface area (Å²) in [5, 5.41) is 74.1. The first-order valence-electron chi connectivity index (χ1n) is 7.10. The minimum Gasteiger partial charge on any atom is -0.457 e. The molecule has 0 saturated heterocycles. The van der Waals surface area contributed by atoms with Crippen molar-refractivity contribution in [2.24, 2.45) is 0 Å². The van der Waals surface area contributed by atoms with Crippen molar-refractivity contribution in [2.75, 3.05) is 0 Å². The summed E-state index contributed by atoms with van der Waals surface area (Å²) in [4.78, 5) is 0. The number of benzene rings is 2. The molecule has 0 radical (unpaired) electrons. The summed E-state index contributed by atoms with van der Waals surface area (Å²) in [5.41, 5.74) is -0.602. The summed E-state index contributed by atoms with van der Waals surface area (Å²) in [7, 11) is 0. The molecule has 0 aliphatic rings. The Kier molecular flexibility index (Phi) is 6.06. The molecule has 0 atom stereocenters. The van der Waals surface area contributed by atoms with Gasteiger partial charge in [-0.1, -0.05) is 0 Å². The van der Waals surface area contributed by atoms with E-state index in [9.17, 15) is 40.9 Å². The van der Waals surface area contributed by atoms with E-state index in [4.69, 9.17) is 4.74 Å². The van der Waals surface area contributed by atoms with Crippen LogP contribution < -0.4 is 4.74 Å². The largest absolute Gasteiger partial charge is 0.457 e. The fourth-order valence-corrected chi connectivity index (χ4v) is 2.29. The van der Waals surface area contributed by atoms with Crippen LogP contribution in [0.2, 0.25) is 0 Å². The van der Waals surface area contributed by atoms with Gasteiger partial charge in [0.2, 0.25) is 0 Å². The van der Waals surface area contributed by atoms with Crippen LogP contribution in [0.4, 0.5) is 0 Å². The first-order valence-corrected chi connectivity index (χ1v) is 7.10. The molecule has 2 rings (SSSR count). The van der Waals surface area contributed by atoms with Crippen molar-refractivity contribution in [3.8, 4) is 11.5 Å². The third kappa shape index (κ3) is 4.51. The molecule has 25 heavy (non-hydrogen) atoms. The van der Waals surface area contributed by atoms with Gasteiger partial charge in [0.05, 0.1) is 0 Å². The van der Waals surface area contributed by atoms with Gasteiger partial charge in [0.1, 0.15) is 11.5 Å². The van der Waals surface area contributed by atoms with Crippen LogP contribution in [0.1, 0.15) is 47.4 Å². The SMILES string of the molecule is OC(O)c1ccc(Oc2ccc(C(O)O)c(C(O)O)c2)cc1C(O)O. The van der Waals surface area contributed by atoms with Crippen molar-refractivity contribution in [3.05, 3.63) is 58.7 Å². The van der Waals surface area contributed by atoms with Gasteiger partial charge in [-0.3, -0.25) is 0 Å². The summed E-state index contributed by atoms with van der Waals surface area (Å²) in [5.74, 6) is 0.200. The molecule has 0 aliphatic carbocycles. The van der Waals surface area contributed by atoms with Crippen LogP contribution in [-0.2, 0) is 0 Å². The molecule has 0 fully saturated rings. The molecule has 136 valence electrons. The molecule has 0 bridgehead atoms. The van der Waals surface area contributed by atoms with Gasteiger partial charge in [-0.2, -0.15) is 0 Å². The highest BCUT2D eigenvalue weighted by Crippen LogP contribution is 2.32. The Hall–Kier alpha value is -2.08. The van der Waals surface area contributed by atoms with Crippen molar-refractivity contribution in [1.29, 1.82) is 0 Å². The van der Waals surface area contributed by atoms with Gasteiger partial charge in [-0.05, 0) is 36.4 Å². The van der Waals surface area contributed by atoms with Crippen LogP contribution in [0, 0.1) is 0 Å². The maximum Gasteiger partial charge on any atom is 0.179 e. The smallest absolute Gasteiger partial charge is 0.179 e. The van der Waals surface area contributed by atoms with E-state index in [-0.39, 0.29) is 33.8 Å². The fraction of sp³-hybridized carbons (Fsp3) is 0.250. The maximum atomic E-state index is 9.31. The molecule has 0 unspecified atom stereocenters. The highest BCUT2D eigenvalue weighted by Gasteiger charge is 2.18. The number of ether oxygens (including phenoxy) is 1. The van der Waals surface area contributed by atoms with Crippen LogP contribution in [0.3, 0.4) is 0 Å². The van der Waals surface area contributed by atoms with Crippen LogP contribution in [0.5, 0.6) is 11.5 Å². The fourth-order valence-electron chi connectivity index (χ4n) is 2.29. The highest BCUT2D eigenvalue weighted by atomic mass is 16.5. The van der Waals surface area contributed by atoms with E-state index in [0.29, 0.717) is 0 Å². The molecule has 9 nitrogen and oxygen atoms in total. The molecule has 0 aromatic heterocycles. The third-order valence-corrected chi connectivity index (χ3v) is 3.46. The van der Waals surface area contributed by atoms with Gasteiger partial charge >= 0.3 is 0 Å². The molecule has 2 aromatic rings. The third-order valence-electron chi connectivity index (χ3n) is 3.46. The van der Waals surface area contributed by atoms with E-state index in [2.05, 4.69) is 0 Å². The first-order chi connectivity index (χ1) is 11.7. The van der Waals surface area contributed by atoms with E-state index in [0.717, 1.165) is 0 Å². The lowest BCUT2D eigenvalue weighted by Gasteiger charge is -2.17. The van der Waals surface area contributed by atoms with Crippen LogP contribution in [0.15, 0.2) is 36.4 Å². The molecule has 0 saturated carbocycles. The van der Waals surface area contributed by atoms with Crippen molar-refractivity contribution >= 4 is 0 Å². The Balaban J connectivity index is 2.36. The second kappa shape index (κ2) is 7.87. The van der Waals surface area contributed by atoms with Gasteiger partial charge in [0.15, 0.2) is 25.2 Å². The Morgan fingerprint density at radius 2 is 0.800 bits per heavy atom. The Labute approximate surface area is 141 Å². The maximum absolute atomic E-state index is 9.31. The van der Waals surface area contributed by atoms with Crippen molar-refractivity contribution in [2.45, 2.75) is 25.2 Å². The quantitative estimate of drug-likeness (QED) is 0.316. The minimum atomic E-state index is -1.97. The number of hydrogen-bond donors (Lipinski definition) is 8. The van der Waals surface area contributed by atoms with Crippen LogP contribution >= 0.6 is 0 Å². The second-order valence-corrected chi connectivity index (χ2v) is 5.18. The predicted molar refractivity (Wildman–Crippen MR) is 81.7 cm³/mol. The highest BCUT2D eigenvalue weighted by molar-refractivity contribution is 5.42. The van der Waals surface area contributed by atoms with E-state index >= 15 is 0 Å². The van der Waals surface area contributed by atoms with Crippen molar-refractivity contribution < 1.29 is 45.6 Å². The number of hydrogen-bond acceptors (Lipinski definition) is 9. The molecule has 9 heteroatoms. The van der Waals surface area contributed by atoms with Gasteiger partial charge in [0.25, 0.3) is 0 Å². The number of aliphatic hydroxyl groups is 8. The van der Waals surface area contributed by atoms with Crippen molar-refractivity contribution in [3.63, 3.8) is 0 Å². The first kappa shape index (κ1) is 19.2. The van der Waals surface area contributed by atoms with Gasteiger partial charge < -0.3 is 45.6 Å². The summed E-state index contributed by atoms with van der Waals surface area (Å²) in [6.07, 6.45) is -7.76. The number of rotatable bonds is 6. The van der Waals surface area contributed by atoms with E-state index < -0.39 is 25.2 Å². The molecule has 0 amide bonds. The van der Waals surface area contributed by atoms with Crippen LogP contribution in [0.25, 0.3) is 0 Å². The van der Waals surface area contributed by atoms with E-state index in [1.54, 1.807) is 0 Å². The Bertz CT molecular complexity index is 664. The Morgan fingerprint density at radius 3 is 1.08 bits per heavy atom. The predicted octanol–water partition coefficient (Wildman–Crippen LogP) is -0.588.